The minimum atomic E-state index is 0.126. The molecular weight excluding hydrogens is 190 g/mol. The van der Waals surface area contributed by atoms with Crippen molar-refractivity contribution in [2.75, 3.05) is 13.2 Å². The molecule has 0 bridgehead atoms. The predicted molar refractivity (Wildman–Crippen MR) is 60.5 cm³/mol. The Hall–Kier alpha value is -0.830. The van der Waals surface area contributed by atoms with Gasteiger partial charge in [-0.15, -0.1) is 0 Å². The van der Waals surface area contributed by atoms with E-state index in [-0.39, 0.29) is 12.5 Å². The predicted octanol–water partition coefficient (Wildman–Crippen LogP) is 1.77. The monoisotopic (exact) mass is 211 g/mol. The zero-order valence-corrected chi connectivity index (χ0v) is 9.30. The molecule has 15 heavy (non-hydrogen) atoms. The minimum Gasteiger partial charge on any atom is -0.396 e. The molecule has 0 unspecified atom stereocenters. The first-order valence-electron chi connectivity index (χ1n) is 5.88. The van der Waals surface area contributed by atoms with Crippen LogP contribution in [-0.2, 0) is 4.79 Å². The van der Waals surface area contributed by atoms with E-state index in [0.29, 0.717) is 13.0 Å². The van der Waals surface area contributed by atoms with Crippen molar-refractivity contribution >= 4 is 5.91 Å². The van der Waals surface area contributed by atoms with Gasteiger partial charge < -0.3 is 10.4 Å². The van der Waals surface area contributed by atoms with Gasteiger partial charge in [0.2, 0.25) is 5.91 Å². The molecule has 0 aromatic rings. The summed E-state index contributed by atoms with van der Waals surface area (Å²) in [5.41, 5.74) is 1.29. The molecule has 0 saturated heterocycles. The van der Waals surface area contributed by atoms with Crippen molar-refractivity contribution in [1.82, 2.24) is 5.32 Å². The van der Waals surface area contributed by atoms with E-state index in [4.69, 9.17) is 5.11 Å². The molecule has 1 rings (SSSR count). The van der Waals surface area contributed by atoms with Gasteiger partial charge in [0.05, 0.1) is 0 Å². The first-order chi connectivity index (χ1) is 7.33. The number of rotatable bonds is 6. The van der Waals surface area contributed by atoms with Gasteiger partial charge in [-0.2, -0.15) is 0 Å². The minimum absolute atomic E-state index is 0.126. The maximum Gasteiger partial charge on any atom is 0.224 e. The third-order valence-electron chi connectivity index (χ3n) is 2.68. The van der Waals surface area contributed by atoms with Gasteiger partial charge in [-0.05, 0) is 38.5 Å². The van der Waals surface area contributed by atoms with E-state index in [1.54, 1.807) is 0 Å². The molecule has 86 valence electrons. The van der Waals surface area contributed by atoms with Crippen LogP contribution in [0.2, 0.25) is 0 Å². The Bertz CT molecular complexity index is 224. The third-order valence-corrected chi connectivity index (χ3v) is 2.68. The molecule has 0 spiro atoms. The Balaban J connectivity index is 2.09. The molecule has 0 aromatic heterocycles. The Kier molecular flexibility index (Phi) is 6.09. The second-order valence-electron chi connectivity index (χ2n) is 4.07. The van der Waals surface area contributed by atoms with Crippen LogP contribution in [0.4, 0.5) is 0 Å². The number of unbranched alkanes of at least 4 members (excludes halogenated alkanes) is 1. The van der Waals surface area contributed by atoms with E-state index in [9.17, 15) is 4.79 Å². The molecular formula is C12H21NO2. The van der Waals surface area contributed by atoms with Crippen LogP contribution in [0, 0.1) is 0 Å². The fourth-order valence-corrected chi connectivity index (χ4v) is 1.80. The molecule has 3 nitrogen and oxygen atoms in total. The molecule has 3 heteroatoms. The number of amides is 1. The summed E-state index contributed by atoms with van der Waals surface area (Å²) in [6.45, 7) is 0.897. The van der Waals surface area contributed by atoms with Gasteiger partial charge in [0.15, 0.2) is 0 Å². The van der Waals surface area contributed by atoms with Crippen molar-refractivity contribution in [2.24, 2.45) is 0 Å². The summed E-state index contributed by atoms with van der Waals surface area (Å²) < 4.78 is 0. The van der Waals surface area contributed by atoms with E-state index < -0.39 is 0 Å². The quantitative estimate of drug-likeness (QED) is 0.519. The third kappa shape index (κ3) is 5.57. The van der Waals surface area contributed by atoms with E-state index in [1.165, 1.54) is 18.4 Å². The smallest absolute Gasteiger partial charge is 0.224 e. The Morgan fingerprint density at radius 1 is 1.40 bits per heavy atom. The van der Waals surface area contributed by atoms with E-state index in [0.717, 1.165) is 25.7 Å². The first-order valence-corrected chi connectivity index (χ1v) is 5.88. The maximum atomic E-state index is 11.5. The lowest BCUT2D eigenvalue weighted by atomic mass is 9.97. The summed E-state index contributed by atoms with van der Waals surface area (Å²) in [6.07, 6.45) is 9.11. The highest BCUT2D eigenvalue weighted by atomic mass is 16.2. The van der Waals surface area contributed by atoms with Gasteiger partial charge in [-0.1, -0.05) is 11.6 Å². The number of hydrogen-bond donors (Lipinski definition) is 2. The lowest BCUT2D eigenvalue weighted by Crippen LogP contribution is -2.24. The molecule has 1 aliphatic carbocycles. The lowest BCUT2D eigenvalue weighted by molar-refractivity contribution is -0.120. The topological polar surface area (TPSA) is 49.3 Å². The number of aliphatic hydroxyl groups is 1. The summed E-state index contributed by atoms with van der Waals surface area (Å²) in [6, 6.07) is 0. The van der Waals surface area contributed by atoms with Crippen molar-refractivity contribution in [2.45, 2.75) is 44.9 Å². The van der Waals surface area contributed by atoms with Gasteiger partial charge in [0.1, 0.15) is 0 Å². The van der Waals surface area contributed by atoms with Crippen LogP contribution < -0.4 is 5.32 Å². The summed E-state index contributed by atoms with van der Waals surface area (Å²) in [5, 5.41) is 11.4. The van der Waals surface area contributed by atoms with Crippen LogP contribution in [-0.4, -0.2) is 24.2 Å². The average Bonchev–Trinajstić information content (AvgIpc) is 2.26. The van der Waals surface area contributed by atoms with Crippen molar-refractivity contribution < 1.29 is 9.90 Å². The fraction of sp³-hybridized carbons (Fsp3) is 0.750. The van der Waals surface area contributed by atoms with Crippen molar-refractivity contribution in [1.29, 1.82) is 0 Å². The van der Waals surface area contributed by atoms with E-state index >= 15 is 0 Å². The average molecular weight is 211 g/mol. The van der Waals surface area contributed by atoms with Crippen LogP contribution in [0.25, 0.3) is 0 Å². The first kappa shape index (κ1) is 12.2. The number of nitrogens with one attached hydrogen (secondary N) is 1. The Morgan fingerprint density at radius 2 is 2.27 bits per heavy atom. The number of carbonyl (C=O) groups excluding carboxylic acids is 1. The molecule has 0 aromatic carbocycles. The fourth-order valence-electron chi connectivity index (χ4n) is 1.80. The van der Waals surface area contributed by atoms with Crippen molar-refractivity contribution in [3.8, 4) is 0 Å². The maximum absolute atomic E-state index is 11.5. The van der Waals surface area contributed by atoms with E-state index in [1.807, 2.05) is 0 Å². The molecule has 0 radical (unpaired) electrons. The summed E-state index contributed by atoms with van der Waals surface area (Å²) in [7, 11) is 0. The highest BCUT2D eigenvalue weighted by Crippen LogP contribution is 2.19. The lowest BCUT2D eigenvalue weighted by Gasteiger charge is -2.12. The van der Waals surface area contributed by atoms with E-state index in [2.05, 4.69) is 11.4 Å². The molecule has 0 atom stereocenters. The van der Waals surface area contributed by atoms with Crippen LogP contribution in [0.15, 0.2) is 11.6 Å². The zero-order valence-electron chi connectivity index (χ0n) is 9.30. The van der Waals surface area contributed by atoms with Gasteiger partial charge in [-0.3, -0.25) is 4.79 Å². The van der Waals surface area contributed by atoms with Gasteiger partial charge in [0, 0.05) is 19.6 Å². The molecule has 1 amide bonds. The molecule has 0 aliphatic heterocycles. The molecule has 0 fully saturated rings. The second kappa shape index (κ2) is 7.46. The second-order valence-corrected chi connectivity index (χ2v) is 4.07. The molecule has 0 heterocycles. The number of aliphatic hydroxyl groups excluding tert-OH is 1. The molecule has 2 N–H and O–H groups in total. The van der Waals surface area contributed by atoms with Crippen LogP contribution >= 0.6 is 0 Å². The SMILES string of the molecule is O=C(CC1=CCCCC1)NCCCCO. The standard InChI is InChI=1S/C12H21NO2/c14-9-5-4-8-13-12(15)10-11-6-2-1-3-7-11/h6,14H,1-5,7-10H2,(H,13,15). The summed E-state index contributed by atoms with van der Waals surface area (Å²) in [5.74, 6) is 0.126. The highest BCUT2D eigenvalue weighted by molar-refractivity contribution is 5.78. The number of allylic oxidation sites excluding steroid dienone is 1. The number of hydrogen-bond acceptors (Lipinski definition) is 2. The van der Waals surface area contributed by atoms with Gasteiger partial charge >= 0.3 is 0 Å². The van der Waals surface area contributed by atoms with Crippen LogP contribution in [0.1, 0.15) is 44.9 Å². The van der Waals surface area contributed by atoms with Gasteiger partial charge in [-0.25, -0.2) is 0 Å². The summed E-state index contributed by atoms with van der Waals surface area (Å²) in [4.78, 5) is 11.5. The van der Waals surface area contributed by atoms with Crippen LogP contribution in [0.3, 0.4) is 0 Å². The number of carbonyl (C=O) groups is 1. The van der Waals surface area contributed by atoms with Crippen LogP contribution in [0.5, 0.6) is 0 Å². The Labute approximate surface area is 91.6 Å². The normalized spacial score (nSPS) is 15.9. The zero-order chi connectivity index (χ0) is 10.9. The molecule has 1 aliphatic rings. The Morgan fingerprint density at radius 3 is 2.93 bits per heavy atom. The largest absolute Gasteiger partial charge is 0.396 e. The van der Waals surface area contributed by atoms with Crippen molar-refractivity contribution in [3.05, 3.63) is 11.6 Å². The molecule has 0 saturated carbocycles. The highest BCUT2D eigenvalue weighted by Gasteiger charge is 2.08. The summed E-state index contributed by atoms with van der Waals surface area (Å²) >= 11 is 0. The van der Waals surface area contributed by atoms with Crippen molar-refractivity contribution in [3.63, 3.8) is 0 Å². The van der Waals surface area contributed by atoms with Gasteiger partial charge in [0.25, 0.3) is 0 Å².